The molecule has 1 aromatic carbocycles. The van der Waals surface area contributed by atoms with Crippen LogP contribution in [0.4, 0.5) is 22.0 Å². The third-order valence-corrected chi connectivity index (χ3v) is 2.87. The van der Waals surface area contributed by atoms with Crippen LogP contribution in [0.5, 0.6) is 5.75 Å². The van der Waals surface area contributed by atoms with E-state index in [1.807, 2.05) is 6.92 Å². The average molecular weight is 310 g/mol. The van der Waals surface area contributed by atoms with Crippen LogP contribution in [0.15, 0.2) is 0 Å². The topological polar surface area (TPSA) is 26.3 Å². The fraction of sp³-hybridized carbons (Fsp3) is 0.500. The molecule has 0 aliphatic carbocycles. The van der Waals surface area contributed by atoms with Crippen LogP contribution in [0.3, 0.4) is 0 Å². The molecule has 0 aliphatic heterocycles. The van der Waals surface area contributed by atoms with Crippen LogP contribution in [-0.2, 0) is 4.79 Å². The number of carbonyl (C=O) groups excluding carboxylic acids is 1. The summed E-state index contributed by atoms with van der Waals surface area (Å²) < 4.78 is 69.3. The summed E-state index contributed by atoms with van der Waals surface area (Å²) in [6.07, 6.45) is 3.89. The Hall–Kier alpha value is -1.66. The molecule has 0 aliphatic rings. The minimum absolute atomic E-state index is 0.150. The summed E-state index contributed by atoms with van der Waals surface area (Å²) in [5.41, 5.74) is 0. The lowest BCUT2D eigenvalue weighted by atomic mass is 10.1. The average Bonchev–Trinajstić information content (AvgIpc) is 2.47. The zero-order valence-corrected chi connectivity index (χ0v) is 11.4. The van der Waals surface area contributed by atoms with E-state index in [4.69, 9.17) is 0 Å². The Morgan fingerprint density at radius 2 is 1.29 bits per heavy atom. The van der Waals surface area contributed by atoms with E-state index in [1.165, 1.54) is 0 Å². The molecule has 0 fully saturated rings. The lowest BCUT2D eigenvalue weighted by Crippen LogP contribution is -2.13. The molecule has 0 heterocycles. The van der Waals surface area contributed by atoms with E-state index < -0.39 is 40.8 Å². The number of halogens is 5. The molecule has 1 rings (SSSR count). The number of unbranched alkanes of at least 4 members (excludes halogenated alkanes) is 4. The second-order valence-corrected chi connectivity index (χ2v) is 4.54. The molecule has 0 unspecified atom stereocenters. The van der Waals surface area contributed by atoms with E-state index in [2.05, 4.69) is 4.74 Å². The summed E-state index contributed by atoms with van der Waals surface area (Å²) in [4.78, 5) is 11.4. The number of hydrogen-bond donors (Lipinski definition) is 0. The lowest BCUT2D eigenvalue weighted by molar-refractivity contribution is -0.135. The van der Waals surface area contributed by atoms with Crippen LogP contribution >= 0.6 is 0 Å². The van der Waals surface area contributed by atoms with Gasteiger partial charge in [-0.3, -0.25) is 4.79 Å². The molecular weight excluding hydrogens is 295 g/mol. The molecule has 0 saturated heterocycles. The highest BCUT2D eigenvalue weighted by Gasteiger charge is 2.28. The number of rotatable bonds is 7. The van der Waals surface area contributed by atoms with E-state index in [0.717, 1.165) is 25.7 Å². The number of hydrogen-bond acceptors (Lipinski definition) is 2. The lowest BCUT2D eigenvalue weighted by Gasteiger charge is -2.08. The second kappa shape index (κ2) is 7.95. The van der Waals surface area contributed by atoms with Gasteiger partial charge in [-0.15, -0.1) is 0 Å². The molecule has 0 N–H and O–H groups in total. The molecule has 0 saturated carbocycles. The van der Waals surface area contributed by atoms with Crippen LogP contribution in [-0.4, -0.2) is 5.97 Å². The first-order chi connectivity index (χ1) is 9.90. The first-order valence-corrected chi connectivity index (χ1v) is 6.62. The zero-order valence-electron chi connectivity index (χ0n) is 11.4. The summed E-state index contributed by atoms with van der Waals surface area (Å²) in [5, 5.41) is 0. The van der Waals surface area contributed by atoms with Crippen molar-refractivity contribution < 1.29 is 31.5 Å². The molecule has 0 bridgehead atoms. The van der Waals surface area contributed by atoms with Gasteiger partial charge in [-0.25, -0.2) is 13.2 Å². The molecule has 2 nitrogen and oxygen atoms in total. The van der Waals surface area contributed by atoms with Crippen LogP contribution < -0.4 is 4.74 Å². The smallest absolute Gasteiger partial charge is 0.311 e. The minimum atomic E-state index is -2.29. The Labute approximate surface area is 118 Å². The predicted octanol–water partition coefficient (Wildman–Crippen LogP) is 4.65. The van der Waals surface area contributed by atoms with Crippen molar-refractivity contribution in [1.29, 1.82) is 0 Å². The van der Waals surface area contributed by atoms with Crippen molar-refractivity contribution in [2.45, 2.75) is 45.4 Å². The molecule has 0 amide bonds. The first kappa shape index (κ1) is 17.4. The van der Waals surface area contributed by atoms with Gasteiger partial charge in [0.15, 0.2) is 0 Å². The van der Waals surface area contributed by atoms with Crippen molar-refractivity contribution in [1.82, 2.24) is 0 Å². The van der Waals surface area contributed by atoms with Gasteiger partial charge in [0.1, 0.15) is 0 Å². The van der Waals surface area contributed by atoms with Crippen molar-refractivity contribution in [3.8, 4) is 5.75 Å². The molecule has 7 heteroatoms. The maximum Gasteiger partial charge on any atom is 0.311 e. The van der Waals surface area contributed by atoms with E-state index >= 15 is 0 Å². The summed E-state index contributed by atoms with van der Waals surface area (Å²) in [5.74, 6) is -13.4. The summed E-state index contributed by atoms with van der Waals surface area (Å²) in [7, 11) is 0. The molecule has 0 atom stereocenters. The zero-order chi connectivity index (χ0) is 16.0. The van der Waals surface area contributed by atoms with Crippen molar-refractivity contribution in [2.24, 2.45) is 0 Å². The van der Waals surface area contributed by atoms with Gasteiger partial charge >= 0.3 is 5.97 Å². The highest BCUT2D eigenvalue weighted by molar-refractivity contribution is 5.72. The molecule has 0 radical (unpaired) electrons. The van der Waals surface area contributed by atoms with Gasteiger partial charge in [-0.2, -0.15) is 8.78 Å². The largest absolute Gasteiger partial charge is 0.420 e. The maximum atomic E-state index is 13.3. The molecule has 0 aromatic heterocycles. The molecule has 0 spiro atoms. The van der Waals surface area contributed by atoms with Crippen LogP contribution in [0.1, 0.15) is 45.4 Å². The quantitative estimate of drug-likeness (QED) is 0.183. The van der Waals surface area contributed by atoms with Gasteiger partial charge in [-0.05, 0) is 6.42 Å². The third-order valence-electron chi connectivity index (χ3n) is 2.87. The standard InChI is InChI=1S/C14H15F5O2/c1-2-3-4-5-6-7-8(20)21-14-12(18)10(16)9(15)11(17)13(14)19/h2-7H2,1H3. The predicted molar refractivity (Wildman–Crippen MR) is 65.2 cm³/mol. The van der Waals surface area contributed by atoms with Crippen molar-refractivity contribution in [3.05, 3.63) is 29.1 Å². The van der Waals surface area contributed by atoms with Crippen molar-refractivity contribution >= 4 is 5.97 Å². The first-order valence-electron chi connectivity index (χ1n) is 6.62. The summed E-state index contributed by atoms with van der Waals surface area (Å²) in [6.45, 7) is 2.01. The van der Waals surface area contributed by atoms with Crippen LogP contribution in [0.25, 0.3) is 0 Å². The number of benzene rings is 1. The fourth-order valence-electron chi connectivity index (χ4n) is 1.71. The SMILES string of the molecule is CCCCCCCC(=O)Oc1c(F)c(F)c(F)c(F)c1F. The highest BCUT2D eigenvalue weighted by atomic mass is 19.2. The highest BCUT2D eigenvalue weighted by Crippen LogP contribution is 2.29. The van der Waals surface area contributed by atoms with E-state index in [0.29, 0.717) is 6.42 Å². The van der Waals surface area contributed by atoms with Crippen molar-refractivity contribution in [3.63, 3.8) is 0 Å². The summed E-state index contributed by atoms with van der Waals surface area (Å²) in [6, 6.07) is 0. The maximum absolute atomic E-state index is 13.3. The molecular formula is C14H15F5O2. The van der Waals surface area contributed by atoms with E-state index in [-0.39, 0.29) is 6.42 Å². The fourth-order valence-corrected chi connectivity index (χ4v) is 1.71. The Morgan fingerprint density at radius 3 is 1.81 bits per heavy atom. The Kier molecular flexibility index (Phi) is 6.58. The van der Waals surface area contributed by atoms with Gasteiger partial charge < -0.3 is 4.74 Å². The second-order valence-electron chi connectivity index (χ2n) is 4.54. The third kappa shape index (κ3) is 4.41. The molecule has 21 heavy (non-hydrogen) atoms. The Bertz CT molecular complexity index is 488. The monoisotopic (exact) mass is 310 g/mol. The molecule has 118 valence electrons. The van der Waals surface area contributed by atoms with Crippen LogP contribution in [0, 0.1) is 29.1 Å². The van der Waals surface area contributed by atoms with E-state index in [1.54, 1.807) is 0 Å². The molecule has 1 aromatic rings. The van der Waals surface area contributed by atoms with Crippen molar-refractivity contribution in [2.75, 3.05) is 0 Å². The number of carbonyl (C=O) groups is 1. The number of ether oxygens (including phenoxy) is 1. The minimum Gasteiger partial charge on any atom is -0.420 e. The Balaban J connectivity index is 2.69. The van der Waals surface area contributed by atoms with E-state index in [9.17, 15) is 26.7 Å². The van der Waals surface area contributed by atoms with Gasteiger partial charge in [0, 0.05) is 6.42 Å². The van der Waals surface area contributed by atoms with Gasteiger partial charge in [0.25, 0.3) is 0 Å². The van der Waals surface area contributed by atoms with Gasteiger partial charge in [-0.1, -0.05) is 32.6 Å². The number of esters is 1. The normalized spacial score (nSPS) is 10.8. The van der Waals surface area contributed by atoms with Gasteiger partial charge in [0.2, 0.25) is 34.8 Å². The van der Waals surface area contributed by atoms with Gasteiger partial charge in [0.05, 0.1) is 0 Å². The Morgan fingerprint density at radius 1 is 0.810 bits per heavy atom. The summed E-state index contributed by atoms with van der Waals surface area (Å²) >= 11 is 0. The van der Waals surface area contributed by atoms with Crippen LogP contribution in [0.2, 0.25) is 0 Å².